The molecule has 6 nitrogen and oxygen atoms in total. The highest BCUT2D eigenvalue weighted by molar-refractivity contribution is 5.76. The predicted molar refractivity (Wildman–Crippen MR) is 352 cm³/mol. The molecule has 0 rings (SSSR count). The van der Waals surface area contributed by atoms with Gasteiger partial charge in [0.2, 0.25) is 5.91 Å². The Balaban J connectivity index is 3.34. The van der Waals surface area contributed by atoms with Gasteiger partial charge in [-0.15, -0.1) is 0 Å². The van der Waals surface area contributed by atoms with Gasteiger partial charge < -0.3 is 20.3 Å². The summed E-state index contributed by atoms with van der Waals surface area (Å²) >= 11 is 0. The Morgan fingerprint density at radius 2 is 0.625 bits per heavy atom. The summed E-state index contributed by atoms with van der Waals surface area (Å²) in [5.74, 6) is -0.0449. The largest absolute Gasteiger partial charge is 0.466 e. The van der Waals surface area contributed by atoms with Crippen LogP contribution in [0.1, 0.15) is 399 Å². The maximum Gasteiger partial charge on any atom is 0.305 e. The predicted octanol–water partition coefficient (Wildman–Crippen LogP) is 23.5. The second-order valence-electron chi connectivity index (χ2n) is 24.9. The zero-order chi connectivity index (χ0) is 57.8. The Morgan fingerprint density at radius 1 is 0.350 bits per heavy atom. The Hall–Kier alpha value is -1.92. The first-order valence-electron chi connectivity index (χ1n) is 36.3. The lowest BCUT2D eigenvalue weighted by Gasteiger charge is -2.20. The SMILES string of the molecule is CCCCCCCCCC/C=C/C(O)C(CO)NC(=O)CCCCCCCCCCCCCCCCCCC/C=C\C/C=C\CCCCCCCCCCCCCOC(=O)CCCCCCCCCCCCCCCCCCCC. The molecule has 0 fully saturated rings. The number of amides is 1. The molecule has 0 aliphatic carbocycles. The van der Waals surface area contributed by atoms with Crippen molar-refractivity contribution in [2.75, 3.05) is 13.2 Å². The molecule has 0 saturated heterocycles. The maximum atomic E-state index is 12.4. The van der Waals surface area contributed by atoms with E-state index in [2.05, 4.69) is 43.5 Å². The van der Waals surface area contributed by atoms with Crippen LogP contribution < -0.4 is 5.32 Å². The number of ether oxygens (including phenoxy) is 1. The third-order valence-corrected chi connectivity index (χ3v) is 16.9. The molecular formula is C74H141NO5. The van der Waals surface area contributed by atoms with Gasteiger partial charge >= 0.3 is 5.97 Å². The number of aliphatic hydroxyl groups excluding tert-OH is 2. The number of hydrogen-bond acceptors (Lipinski definition) is 5. The maximum absolute atomic E-state index is 12.4. The van der Waals surface area contributed by atoms with Crippen LogP contribution in [-0.4, -0.2) is 47.4 Å². The quantitative estimate of drug-likeness (QED) is 0.0320. The number of unbranched alkanes of at least 4 members (excludes halogenated alkanes) is 53. The zero-order valence-electron chi connectivity index (χ0n) is 54.1. The third-order valence-electron chi connectivity index (χ3n) is 16.9. The first kappa shape index (κ1) is 78.1. The number of carbonyl (C=O) groups excluding carboxylic acids is 2. The summed E-state index contributed by atoms with van der Waals surface area (Å²) in [5, 5.41) is 23.0. The summed E-state index contributed by atoms with van der Waals surface area (Å²) in [7, 11) is 0. The van der Waals surface area contributed by atoms with Crippen molar-refractivity contribution in [3.8, 4) is 0 Å². The topological polar surface area (TPSA) is 95.9 Å². The van der Waals surface area contributed by atoms with E-state index in [0.717, 1.165) is 44.9 Å². The first-order chi connectivity index (χ1) is 39.5. The molecule has 0 radical (unpaired) electrons. The lowest BCUT2D eigenvalue weighted by atomic mass is 10.0. The van der Waals surface area contributed by atoms with Crippen LogP contribution in [0.3, 0.4) is 0 Å². The van der Waals surface area contributed by atoms with Crippen LogP contribution in [0.4, 0.5) is 0 Å². The van der Waals surface area contributed by atoms with Crippen molar-refractivity contribution in [1.29, 1.82) is 0 Å². The Labute approximate surface area is 500 Å². The smallest absolute Gasteiger partial charge is 0.305 e. The average Bonchev–Trinajstić information content (AvgIpc) is 3.46. The van der Waals surface area contributed by atoms with Gasteiger partial charge in [-0.2, -0.15) is 0 Å². The summed E-state index contributed by atoms with van der Waals surface area (Å²) in [4.78, 5) is 24.5. The van der Waals surface area contributed by atoms with Gasteiger partial charge in [0, 0.05) is 12.8 Å². The minimum Gasteiger partial charge on any atom is -0.466 e. The van der Waals surface area contributed by atoms with Crippen LogP contribution in [0.2, 0.25) is 0 Å². The zero-order valence-corrected chi connectivity index (χ0v) is 54.1. The van der Waals surface area contributed by atoms with E-state index in [4.69, 9.17) is 4.74 Å². The summed E-state index contributed by atoms with van der Waals surface area (Å²) in [5.41, 5.74) is 0. The van der Waals surface area contributed by atoms with Gasteiger partial charge in [-0.05, 0) is 64.2 Å². The van der Waals surface area contributed by atoms with Crippen molar-refractivity contribution < 1.29 is 24.5 Å². The molecular weight excluding hydrogens is 983 g/mol. The molecule has 1 amide bonds. The van der Waals surface area contributed by atoms with Gasteiger partial charge in [0.25, 0.3) is 0 Å². The first-order valence-corrected chi connectivity index (χ1v) is 36.3. The number of esters is 1. The molecule has 0 saturated carbocycles. The van der Waals surface area contributed by atoms with Gasteiger partial charge in [-0.1, -0.05) is 359 Å². The fraction of sp³-hybridized carbons (Fsp3) is 0.892. The molecule has 0 aliphatic rings. The van der Waals surface area contributed by atoms with Crippen LogP contribution >= 0.6 is 0 Å². The molecule has 0 aromatic rings. The number of rotatable bonds is 68. The van der Waals surface area contributed by atoms with Gasteiger partial charge in [0.1, 0.15) is 0 Å². The third kappa shape index (κ3) is 65.2. The molecule has 0 spiro atoms. The van der Waals surface area contributed by atoms with Crippen molar-refractivity contribution in [3.63, 3.8) is 0 Å². The highest BCUT2D eigenvalue weighted by Gasteiger charge is 2.18. The summed E-state index contributed by atoms with van der Waals surface area (Å²) in [6.07, 6.45) is 89.7. The lowest BCUT2D eigenvalue weighted by molar-refractivity contribution is -0.143. The van der Waals surface area contributed by atoms with E-state index in [0.29, 0.717) is 19.4 Å². The molecule has 6 heteroatoms. The van der Waals surface area contributed by atoms with Gasteiger partial charge in [0.15, 0.2) is 0 Å². The second-order valence-corrected chi connectivity index (χ2v) is 24.9. The van der Waals surface area contributed by atoms with Gasteiger partial charge in [0.05, 0.1) is 25.4 Å². The van der Waals surface area contributed by atoms with Crippen molar-refractivity contribution in [2.45, 2.75) is 411 Å². The van der Waals surface area contributed by atoms with Crippen molar-refractivity contribution in [2.24, 2.45) is 0 Å². The molecule has 2 unspecified atom stereocenters. The van der Waals surface area contributed by atoms with Crippen molar-refractivity contribution in [1.82, 2.24) is 5.32 Å². The molecule has 0 aromatic heterocycles. The average molecular weight is 1120 g/mol. The molecule has 3 N–H and O–H groups in total. The summed E-state index contributed by atoms with van der Waals surface area (Å²) < 4.78 is 5.51. The number of hydrogen-bond donors (Lipinski definition) is 3. The normalized spacial score (nSPS) is 12.7. The summed E-state index contributed by atoms with van der Waals surface area (Å²) in [6.45, 7) is 4.92. The molecule has 0 aliphatic heterocycles. The van der Waals surface area contributed by atoms with E-state index in [1.807, 2.05) is 6.08 Å². The molecule has 80 heavy (non-hydrogen) atoms. The van der Waals surface area contributed by atoms with Gasteiger partial charge in [-0.25, -0.2) is 0 Å². The molecule has 0 heterocycles. The Morgan fingerprint density at radius 3 is 0.950 bits per heavy atom. The molecule has 472 valence electrons. The Bertz CT molecular complexity index is 1300. The fourth-order valence-corrected chi connectivity index (χ4v) is 11.4. The van der Waals surface area contributed by atoms with Gasteiger partial charge in [-0.3, -0.25) is 9.59 Å². The van der Waals surface area contributed by atoms with E-state index >= 15 is 0 Å². The Kier molecular flexibility index (Phi) is 67.9. The van der Waals surface area contributed by atoms with Crippen molar-refractivity contribution in [3.05, 3.63) is 36.5 Å². The van der Waals surface area contributed by atoms with Crippen molar-refractivity contribution >= 4 is 11.9 Å². The standard InChI is InChI=1S/C74H141NO5/c1-3-5-7-9-11-13-15-16-17-18-39-42-45-48-52-56-60-64-68-74(79)80-69-65-61-57-53-49-46-43-40-37-35-33-31-29-27-25-23-21-19-20-22-24-26-28-30-32-34-36-38-41-44-47-51-55-59-63-67-73(78)75-71(70-76)72(77)66-62-58-54-50-14-12-10-8-6-4-2/h21,23,27,29,62,66,71-72,76-77H,3-20,22,24-26,28,30-61,63-65,67-70H2,1-2H3,(H,75,78)/b23-21-,29-27-,66-62+. The van der Waals surface area contributed by atoms with E-state index < -0.39 is 12.1 Å². The van der Waals surface area contributed by atoms with Crippen LogP contribution in [0.25, 0.3) is 0 Å². The van der Waals surface area contributed by atoms with E-state index in [1.165, 1.54) is 327 Å². The van der Waals surface area contributed by atoms with E-state index in [1.54, 1.807) is 6.08 Å². The van der Waals surface area contributed by atoms with Crippen LogP contribution in [0, 0.1) is 0 Å². The second kappa shape index (κ2) is 69.6. The highest BCUT2D eigenvalue weighted by Crippen LogP contribution is 2.19. The van der Waals surface area contributed by atoms with E-state index in [-0.39, 0.29) is 18.5 Å². The fourth-order valence-electron chi connectivity index (χ4n) is 11.4. The minimum atomic E-state index is -0.841. The van der Waals surface area contributed by atoms with E-state index in [9.17, 15) is 19.8 Å². The number of aliphatic hydroxyl groups is 2. The molecule has 0 aromatic carbocycles. The molecule has 0 bridgehead atoms. The monoisotopic (exact) mass is 1120 g/mol. The summed E-state index contributed by atoms with van der Waals surface area (Å²) in [6, 6.07) is -0.624. The highest BCUT2D eigenvalue weighted by atomic mass is 16.5. The number of carbonyl (C=O) groups is 2. The lowest BCUT2D eigenvalue weighted by Crippen LogP contribution is -2.45. The minimum absolute atomic E-state index is 0.0214. The number of nitrogens with one attached hydrogen (secondary N) is 1. The van der Waals surface area contributed by atoms with Crippen LogP contribution in [-0.2, 0) is 14.3 Å². The molecule has 2 atom stereocenters. The van der Waals surface area contributed by atoms with Crippen LogP contribution in [0.15, 0.2) is 36.5 Å². The number of allylic oxidation sites excluding steroid dienone is 5. The van der Waals surface area contributed by atoms with Crippen LogP contribution in [0.5, 0.6) is 0 Å².